The van der Waals surface area contributed by atoms with Gasteiger partial charge in [0.1, 0.15) is 0 Å². The van der Waals surface area contributed by atoms with Gasteiger partial charge in [-0.25, -0.2) is 0 Å². The largest absolute Gasteiger partial charge is 0.0851 e. The van der Waals surface area contributed by atoms with Gasteiger partial charge < -0.3 is 0 Å². The van der Waals surface area contributed by atoms with Crippen molar-refractivity contribution in [1.82, 2.24) is 0 Å². The summed E-state index contributed by atoms with van der Waals surface area (Å²) < 4.78 is 0. The molecule has 0 nitrogen and oxygen atoms in total. The first kappa shape index (κ1) is 7.37. The molecule has 0 aromatic heterocycles. The van der Waals surface area contributed by atoms with Crippen LogP contribution < -0.4 is 0 Å². The van der Waals surface area contributed by atoms with E-state index >= 15 is 0 Å². The van der Waals surface area contributed by atoms with Crippen molar-refractivity contribution in [2.45, 2.75) is 18.8 Å². The van der Waals surface area contributed by atoms with Gasteiger partial charge in [-0.05, 0) is 36.2 Å². The van der Waals surface area contributed by atoms with Crippen LogP contribution in [-0.2, 0) is 0 Å². The van der Waals surface area contributed by atoms with Gasteiger partial charge in [0.2, 0.25) is 0 Å². The van der Waals surface area contributed by atoms with E-state index in [0.717, 1.165) is 17.8 Å². The molecule has 1 aromatic rings. The molecule has 3 rings (SSSR count). The molecule has 0 aliphatic heterocycles. The van der Waals surface area contributed by atoms with Crippen LogP contribution >= 0.6 is 0 Å². The minimum atomic E-state index is 0.816. The molecule has 0 heterocycles. The maximum Gasteiger partial charge on any atom is -0.00932 e. The summed E-state index contributed by atoms with van der Waals surface area (Å²) in [6.07, 6.45) is 7.61. The van der Waals surface area contributed by atoms with Crippen LogP contribution in [0.15, 0.2) is 42.5 Å². The van der Waals surface area contributed by atoms with Gasteiger partial charge in [0.15, 0.2) is 0 Å². The van der Waals surface area contributed by atoms with E-state index in [-0.39, 0.29) is 0 Å². The molecule has 0 heteroatoms. The lowest BCUT2D eigenvalue weighted by Crippen LogP contribution is -2.04. The molecule has 3 atom stereocenters. The van der Waals surface area contributed by atoms with Crippen LogP contribution in [0.25, 0.3) is 0 Å². The minimum absolute atomic E-state index is 0.816. The van der Waals surface area contributed by atoms with Crippen molar-refractivity contribution in [3.05, 3.63) is 48.0 Å². The Hall–Kier alpha value is -1.04. The Kier molecular flexibility index (Phi) is 1.55. The van der Waals surface area contributed by atoms with Crippen molar-refractivity contribution in [3.8, 4) is 0 Å². The van der Waals surface area contributed by atoms with Crippen LogP contribution in [0.4, 0.5) is 0 Å². The SMILES string of the molecule is C1=C[C@@H]2C[C@@H]1C[C@H]2c1ccccc1. The first-order valence-corrected chi connectivity index (χ1v) is 5.17. The van der Waals surface area contributed by atoms with E-state index in [0.29, 0.717) is 0 Å². The van der Waals surface area contributed by atoms with Crippen LogP contribution in [0.5, 0.6) is 0 Å². The van der Waals surface area contributed by atoms with Crippen molar-refractivity contribution >= 4 is 0 Å². The summed E-state index contributed by atoms with van der Waals surface area (Å²) in [5, 5.41) is 0. The van der Waals surface area contributed by atoms with Gasteiger partial charge in [-0.3, -0.25) is 0 Å². The van der Waals surface area contributed by atoms with Crippen LogP contribution in [0, 0.1) is 11.8 Å². The monoisotopic (exact) mass is 170 g/mol. The molecule has 13 heavy (non-hydrogen) atoms. The molecule has 0 unspecified atom stereocenters. The molecule has 0 saturated heterocycles. The molecule has 66 valence electrons. The molecule has 2 aliphatic rings. The average molecular weight is 170 g/mol. The normalized spacial score (nSPS) is 35.5. The van der Waals surface area contributed by atoms with Gasteiger partial charge in [-0.15, -0.1) is 0 Å². The van der Waals surface area contributed by atoms with E-state index in [4.69, 9.17) is 0 Å². The molecule has 1 aromatic carbocycles. The number of rotatable bonds is 1. The molecule has 1 saturated carbocycles. The van der Waals surface area contributed by atoms with Gasteiger partial charge in [0.05, 0.1) is 0 Å². The van der Waals surface area contributed by atoms with Crippen LogP contribution in [0.3, 0.4) is 0 Å². The predicted molar refractivity (Wildman–Crippen MR) is 54.5 cm³/mol. The predicted octanol–water partition coefficient (Wildman–Crippen LogP) is 3.37. The maximum atomic E-state index is 2.42. The highest BCUT2D eigenvalue weighted by Gasteiger charge is 2.35. The summed E-state index contributed by atoms with van der Waals surface area (Å²) in [6.45, 7) is 0. The van der Waals surface area contributed by atoms with E-state index in [1.54, 1.807) is 5.56 Å². The third kappa shape index (κ3) is 1.13. The lowest BCUT2D eigenvalue weighted by atomic mass is 9.87. The van der Waals surface area contributed by atoms with Crippen molar-refractivity contribution in [2.75, 3.05) is 0 Å². The molecule has 0 N–H and O–H groups in total. The fourth-order valence-electron chi connectivity index (χ4n) is 2.86. The van der Waals surface area contributed by atoms with E-state index < -0.39 is 0 Å². The zero-order valence-corrected chi connectivity index (χ0v) is 7.69. The Morgan fingerprint density at radius 3 is 2.38 bits per heavy atom. The van der Waals surface area contributed by atoms with E-state index in [9.17, 15) is 0 Å². The number of hydrogen-bond acceptors (Lipinski definition) is 0. The second-order valence-corrected chi connectivity index (χ2v) is 4.30. The molecule has 1 fully saturated rings. The summed E-state index contributed by atoms with van der Waals surface area (Å²) in [5.74, 6) is 2.54. The second kappa shape index (κ2) is 2.73. The van der Waals surface area contributed by atoms with Gasteiger partial charge in [0.25, 0.3) is 0 Å². The van der Waals surface area contributed by atoms with Gasteiger partial charge in [0, 0.05) is 0 Å². The van der Waals surface area contributed by atoms with Crippen LogP contribution in [0.2, 0.25) is 0 Å². The van der Waals surface area contributed by atoms with Gasteiger partial charge in [-0.2, -0.15) is 0 Å². The topological polar surface area (TPSA) is 0 Å². The minimum Gasteiger partial charge on any atom is -0.0851 e. The quantitative estimate of drug-likeness (QED) is 0.567. The summed E-state index contributed by atoms with van der Waals surface area (Å²) in [4.78, 5) is 0. The van der Waals surface area contributed by atoms with Crippen molar-refractivity contribution in [1.29, 1.82) is 0 Å². The first-order chi connectivity index (χ1) is 6.43. The average Bonchev–Trinajstić information content (AvgIpc) is 2.80. The van der Waals surface area contributed by atoms with Crippen LogP contribution in [0.1, 0.15) is 24.3 Å². The Balaban J connectivity index is 1.92. The molecule has 0 spiro atoms. The number of hydrogen-bond donors (Lipinski definition) is 0. The molecular formula is C13H14. The van der Waals surface area contributed by atoms with Crippen molar-refractivity contribution in [3.63, 3.8) is 0 Å². The number of fused-ring (bicyclic) bond motifs is 2. The molecule has 2 aliphatic carbocycles. The summed E-state index contributed by atoms with van der Waals surface area (Å²) in [5.41, 5.74) is 1.54. The molecule has 2 bridgehead atoms. The first-order valence-electron chi connectivity index (χ1n) is 5.17. The van der Waals surface area contributed by atoms with Crippen LogP contribution in [-0.4, -0.2) is 0 Å². The third-order valence-electron chi connectivity index (χ3n) is 3.51. The van der Waals surface area contributed by atoms with Crippen molar-refractivity contribution in [2.24, 2.45) is 11.8 Å². The fraction of sp³-hybridized carbons (Fsp3) is 0.385. The summed E-state index contributed by atoms with van der Waals surface area (Å²) in [6, 6.07) is 11.0. The summed E-state index contributed by atoms with van der Waals surface area (Å²) in [7, 11) is 0. The zero-order valence-electron chi connectivity index (χ0n) is 7.69. The zero-order chi connectivity index (χ0) is 8.67. The standard InChI is InChI=1S/C13H14/c1-2-4-11(5-3-1)13-9-10-6-7-12(13)8-10/h1-7,10,12-13H,8-9H2/t10-,12-,13+/m1/s1. The molecular weight excluding hydrogens is 156 g/mol. The highest BCUT2D eigenvalue weighted by Crippen LogP contribution is 2.48. The van der Waals surface area contributed by atoms with Gasteiger partial charge in [-0.1, -0.05) is 42.5 Å². The van der Waals surface area contributed by atoms with Gasteiger partial charge >= 0.3 is 0 Å². The number of benzene rings is 1. The smallest absolute Gasteiger partial charge is 0.00932 e. The third-order valence-corrected chi connectivity index (χ3v) is 3.51. The highest BCUT2D eigenvalue weighted by atomic mass is 14.4. The Labute approximate surface area is 79.3 Å². The second-order valence-electron chi connectivity index (χ2n) is 4.30. The van der Waals surface area contributed by atoms with Crippen molar-refractivity contribution < 1.29 is 0 Å². The highest BCUT2D eigenvalue weighted by molar-refractivity contribution is 5.27. The van der Waals surface area contributed by atoms with E-state index in [1.807, 2.05) is 0 Å². The fourth-order valence-corrected chi connectivity index (χ4v) is 2.86. The van der Waals surface area contributed by atoms with E-state index in [1.165, 1.54) is 12.8 Å². The lowest BCUT2D eigenvalue weighted by Gasteiger charge is -2.17. The van der Waals surface area contributed by atoms with E-state index in [2.05, 4.69) is 42.5 Å². The Morgan fingerprint density at radius 1 is 0.923 bits per heavy atom. The number of allylic oxidation sites excluding steroid dienone is 2. The Bertz CT molecular complexity index is 323. The lowest BCUT2D eigenvalue weighted by molar-refractivity contribution is 0.585. The summed E-state index contributed by atoms with van der Waals surface area (Å²) >= 11 is 0. The maximum absolute atomic E-state index is 2.42. The molecule has 0 radical (unpaired) electrons. The molecule has 0 amide bonds. The Morgan fingerprint density at radius 2 is 1.77 bits per heavy atom.